The Morgan fingerprint density at radius 2 is 1.93 bits per heavy atom. The highest BCUT2D eigenvalue weighted by Crippen LogP contribution is 2.33. The van der Waals surface area contributed by atoms with Crippen LogP contribution in [0.4, 0.5) is 13.2 Å². The average Bonchev–Trinajstić information content (AvgIpc) is 2.01. The van der Waals surface area contributed by atoms with Crippen molar-refractivity contribution in [3.63, 3.8) is 0 Å². The van der Waals surface area contributed by atoms with E-state index in [1.54, 1.807) is 22.6 Å². The second kappa shape index (κ2) is 4.06. The van der Waals surface area contributed by atoms with E-state index < -0.39 is 22.5 Å². The van der Waals surface area contributed by atoms with Crippen LogP contribution in [0.5, 0.6) is 0 Å². The lowest BCUT2D eigenvalue weighted by Crippen LogP contribution is -2.11. The van der Waals surface area contributed by atoms with Crippen LogP contribution in [-0.2, 0) is 6.18 Å². The van der Waals surface area contributed by atoms with Crippen molar-refractivity contribution in [1.29, 1.82) is 0 Å². The minimum absolute atomic E-state index is 0.400. The molecular weight excluding hydrogens is 331 g/mol. The minimum atomic E-state index is -4.55. The summed E-state index contributed by atoms with van der Waals surface area (Å²) >= 11 is 6.76. The van der Waals surface area contributed by atoms with Crippen molar-refractivity contribution in [3.8, 4) is 0 Å². The smallest absolute Gasteiger partial charge is 0.276 e. The van der Waals surface area contributed by atoms with E-state index in [1.807, 2.05) is 0 Å². The van der Waals surface area contributed by atoms with Crippen LogP contribution < -0.4 is 0 Å². The normalized spacial score (nSPS) is 11.5. The maximum Gasteiger partial charge on any atom is 0.417 e. The molecule has 0 aliphatic rings. The summed E-state index contributed by atoms with van der Waals surface area (Å²) in [7, 11) is 0. The molecule has 0 saturated carbocycles. The van der Waals surface area contributed by atoms with Gasteiger partial charge >= 0.3 is 6.18 Å². The number of rotatable bonds is 1. The van der Waals surface area contributed by atoms with Crippen LogP contribution in [0.2, 0.25) is 0 Å². The van der Waals surface area contributed by atoms with Crippen LogP contribution in [0, 0.1) is 3.57 Å². The van der Waals surface area contributed by atoms with E-state index in [-0.39, 0.29) is 0 Å². The van der Waals surface area contributed by atoms with Gasteiger partial charge in [0, 0.05) is 9.13 Å². The molecule has 1 aromatic rings. The molecule has 0 saturated heterocycles. The van der Waals surface area contributed by atoms with Crippen molar-refractivity contribution in [2.75, 3.05) is 0 Å². The number of benzene rings is 1. The number of halogens is 5. The van der Waals surface area contributed by atoms with Crippen LogP contribution in [0.15, 0.2) is 18.2 Å². The third-order valence-corrected chi connectivity index (χ3v) is 2.37. The standard InChI is InChI=1S/C8H3ClF3IO/c9-7(14)5-2-1-4(13)3-6(5)8(10,11)12/h1-3H. The van der Waals surface area contributed by atoms with Crippen molar-refractivity contribution in [2.24, 2.45) is 0 Å². The monoisotopic (exact) mass is 334 g/mol. The molecule has 0 spiro atoms. The lowest BCUT2D eigenvalue weighted by molar-refractivity contribution is -0.137. The molecule has 76 valence electrons. The first-order valence-electron chi connectivity index (χ1n) is 3.39. The molecule has 0 heterocycles. The van der Waals surface area contributed by atoms with Gasteiger partial charge in [-0.05, 0) is 52.4 Å². The highest BCUT2D eigenvalue weighted by Gasteiger charge is 2.34. The predicted molar refractivity (Wildman–Crippen MR) is 54.3 cm³/mol. The summed E-state index contributed by atoms with van der Waals surface area (Å²) in [6.45, 7) is 0. The third-order valence-electron chi connectivity index (χ3n) is 1.50. The van der Waals surface area contributed by atoms with E-state index >= 15 is 0 Å². The van der Waals surface area contributed by atoms with Crippen molar-refractivity contribution < 1.29 is 18.0 Å². The first-order chi connectivity index (χ1) is 6.32. The van der Waals surface area contributed by atoms with Crippen molar-refractivity contribution in [3.05, 3.63) is 32.9 Å². The number of carbonyl (C=O) groups is 1. The molecule has 0 N–H and O–H groups in total. The molecule has 1 rings (SSSR count). The van der Waals surface area contributed by atoms with E-state index in [1.165, 1.54) is 6.07 Å². The van der Waals surface area contributed by atoms with Crippen molar-refractivity contribution in [2.45, 2.75) is 6.18 Å². The van der Waals surface area contributed by atoms with E-state index in [0.29, 0.717) is 3.57 Å². The van der Waals surface area contributed by atoms with Gasteiger partial charge in [0.1, 0.15) is 0 Å². The zero-order valence-corrected chi connectivity index (χ0v) is 9.44. The summed E-state index contributed by atoms with van der Waals surface area (Å²) < 4.78 is 37.5. The summed E-state index contributed by atoms with van der Waals surface area (Å²) in [6.07, 6.45) is -4.55. The lowest BCUT2D eigenvalue weighted by atomic mass is 10.1. The van der Waals surface area contributed by atoms with Gasteiger partial charge in [0.25, 0.3) is 5.24 Å². The Balaban J connectivity index is 3.38. The zero-order valence-electron chi connectivity index (χ0n) is 6.53. The second-order valence-electron chi connectivity index (χ2n) is 2.46. The summed E-state index contributed by atoms with van der Waals surface area (Å²) in [4.78, 5) is 10.7. The van der Waals surface area contributed by atoms with E-state index in [4.69, 9.17) is 11.6 Å². The molecule has 0 bridgehead atoms. The van der Waals surface area contributed by atoms with Crippen LogP contribution in [-0.4, -0.2) is 5.24 Å². The Labute approximate surface area is 96.4 Å². The molecule has 0 radical (unpaired) electrons. The Bertz CT molecular complexity index is 375. The molecule has 0 atom stereocenters. The molecule has 1 nitrogen and oxygen atoms in total. The molecule has 0 aliphatic heterocycles. The number of carbonyl (C=O) groups excluding carboxylic acids is 1. The average molecular weight is 334 g/mol. The van der Waals surface area contributed by atoms with Gasteiger partial charge in [0.2, 0.25) is 0 Å². The minimum Gasteiger partial charge on any atom is -0.276 e. The molecule has 0 amide bonds. The molecule has 6 heteroatoms. The Kier molecular flexibility index (Phi) is 3.41. The van der Waals surface area contributed by atoms with Crippen molar-refractivity contribution in [1.82, 2.24) is 0 Å². The molecule has 0 aliphatic carbocycles. The molecule has 0 unspecified atom stereocenters. The SMILES string of the molecule is O=C(Cl)c1ccc(I)cc1C(F)(F)F. The fourth-order valence-electron chi connectivity index (χ4n) is 0.922. The summed E-state index contributed by atoms with van der Waals surface area (Å²) in [5.74, 6) is 0. The lowest BCUT2D eigenvalue weighted by Gasteiger charge is -2.10. The summed E-state index contributed by atoms with van der Waals surface area (Å²) in [5, 5.41) is -1.10. The highest BCUT2D eigenvalue weighted by atomic mass is 127. The van der Waals surface area contributed by atoms with Crippen molar-refractivity contribution >= 4 is 39.4 Å². The van der Waals surface area contributed by atoms with Gasteiger partial charge in [-0.3, -0.25) is 4.79 Å². The quantitative estimate of drug-likeness (QED) is 0.565. The first-order valence-corrected chi connectivity index (χ1v) is 4.84. The van der Waals surface area contributed by atoms with Gasteiger partial charge in [-0.25, -0.2) is 0 Å². The Morgan fingerprint density at radius 1 is 1.36 bits per heavy atom. The molecule has 14 heavy (non-hydrogen) atoms. The van der Waals surface area contributed by atoms with Gasteiger partial charge < -0.3 is 0 Å². The predicted octanol–water partition coefficient (Wildman–Crippen LogP) is 3.69. The third kappa shape index (κ3) is 2.60. The molecule has 0 aromatic heterocycles. The topological polar surface area (TPSA) is 17.1 Å². The zero-order chi connectivity index (χ0) is 10.9. The summed E-state index contributed by atoms with van der Waals surface area (Å²) in [6, 6.07) is 3.35. The van der Waals surface area contributed by atoms with Crippen LogP contribution in [0.1, 0.15) is 15.9 Å². The Hall–Kier alpha value is -0.300. The molecule has 1 aromatic carbocycles. The maximum absolute atomic E-state index is 12.4. The molecule has 0 fully saturated rings. The van der Waals surface area contributed by atoms with Crippen LogP contribution in [0.25, 0.3) is 0 Å². The molecular formula is C8H3ClF3IO. The largest absolute Gasteiger partial charge is 0.417 e. The second-order valence-corrected chi connectivity index (χ2v) is 4.05. The van der Waals surface area contributed by atoms with E-state index in [9.17, 15) is 18.0 Å². The van der Waals surface area contributed by atoms with Crippen LogP contribution >= 0.6 is 34.2 Å². The van der Waals surface area contributed by atoms with Gasteiger partial charge in [0.15, 0.2) is 0 Å². The van der Waals surface area contributed by atoms with Crippen LogP contribution in [0.3, 0.4) is 0 Å². The number of hydrogen-bond donors (Lipinski definition) is 0. The van der Waals surface area contributed by atoms with Gasteiger partial charge in [0.05, 0.1) is 5.56 Å². The fourth-order valence-corrected chi connectivity index (χ4v) is 1.58. The summed E-state index contributed by atoms with van der Waals surface area (Å²) in [5.41, 5.74) is -1.51. The Morgan fingerprint density at radius 3 is 2.36 bits per heavy atom. The van der Waals surface area contributed by atoms with E-state index in [0.717, 1.165) is 12.1 Å². The number of hydrogen-bond acceptors (Lipinski definition) is 1. The highest BCUT2D eigenvalue weighted by molar-refractivity contribution is 14.1. The van der Waals surface area contributed by atoms with E-state index in [2.05, 4.69) is 0 Å². The fraction of sp³-hybridized carbons (Fsp3) is 0.125. The van der Waals surface area contributed by atoms with Gasteiger partial charge in [-0.1, -0.05) is 0 Å². The number of alkyl halides is 3. The van der Waals surface area contributed by atoms with Gasteiger partial charge in [-0.2, -0.15) is 13.2 Å². The first kappa shape index (κ1) is 11.8. The maximum atomic E-state index is 12.4. The van der Waals surface area contributed by atoms with Gasteiger partial charge in [-0.15, -0.1) is 0 Å².